The molecule has 0 atom stereocenters. The molecule has 128 valence electrons. The highest BCUT2D eigenvalue weighted by Crippen LogP contribution is 2.28. The fourth-order valence-electron chi connectivity index (χ4n) is 2.07. The minimum absolute atomic E-state index is 0.468. The summed E-state index contributed by atoms with van der Waals surface area (Å²) in [5.74, 6) is 0.802. The van der Waals surface area contributed by atoms with Gasteiger partial charge in [-0.25, -0.2) is 4.79 Å². The van der Waals surface area contributed by atoms with Crippen LogP contribution in [0.5, 0.6) is 5.75 Å². The smallest absolute Gasteiger partial charge is 0.412 e. The lowest BCUT2D eigenvalue weighted by molar-refractivity contribution is 0.0636. The quantitative estimate of drug-likeness (QED) is 0.794. The molecule has 2 rings (SSSR count). The molecule has 0 saturated carbocycles. The van der Waals surface area contributed by atoms with Gasteiger partial charge in [-0.1, -0.05) is 12.1 Å². The lowest BCUT2D eigenvalue weighted by atomic mass is 10.2. The van der Waals surface area contributed by atoms with Crippen molar-refractivity contribution in [2.75, 3.05) is 17.2 Å². The topological polar surface area (TPSA) is 59.6 Å². The highest BCUT2D eigenvalue weighted by atomic mass is 16.6. The number of hydrogen-bond acceptors (Lipinski definition) is 4. The molecule has 0 saturated heterocycles. The van der Waals surface area contributed by atoms with E-state index in [1.54, 1.807) is 0 Å². The van der Waals surface area contributed by atoms with Crippen LogP contribution in [0.4, 0.5) is 21.9 Å². The van der Waals surface area contributed by atoms with Crippen molar-refractivity contribution >= 4 is 23.2 Å². The molecule has 1 amide bonds. The van der Waals surface area contributed by atoms with Crippen LogP contribution in [0.3, 0.4) is 0 Å². The van der Waals surface area contributed by atoms with Gasteiger partial charge < -0.3 is 14.8 Å². The standard InChI is InChI=1S/C19H24N2O3/c1-5-23-17-9-7-6-8-16(17)20-14-10-12-15(13-11-14)21-18(22)24-19(2,3)4/h6-13,20H,5H2,1-4H3,(H,21,22). The first-order valence-electron chi connectivity index (χ1n) is 7.96. The van der Waals surface area contributed by atoms with E-state index in [0.717, 1.165) is 17.1 Å². The van der Waals surface area contributed by atoms with Crippen LogP contribution < -0.4 is 15.4 Å². The zero-order chi connectivity index (χ0) is 17.6. The summed E-state index contributed by atoms with van der Waals surface area (Å²) in [6, 6.07) is 15.2. The lowest BCUT2D eigenvalue weighted by Gasteiger charge is -2.19. The molecule has 0 spiro atoms. The lowest BCUT2D eigenvalue weighted by Crippen LogP contribution is -2.27. The van der Waals surface area contributed by atoms with Crippen molar-refractivity contribution in [3.05, 3.63) is 48.5 Å². The minimum atomic E-state index is -0.519. The van der Waals surface area contributed by atoms with Crippen LogP contribution in [0.15, 0.2) is 48.5 Å². The number of benzene rings is 2. The SMILES string of the molecule is CCOc1ccccc1Nc1ccc(NC(=O)OC(C)(C)C)cc1. The molecule has 0 unspecified atom stereocenters. The van der Waals surface area contributed by atoms with E-state index in [4.69, 9.17) is 9.47 Å². The van der Waals surface area contributed by atoms with Gasteiger partial charge in [0.15, 0.2) is 0 Å². The molecule has 2 N–H and O–H groups in total. The maximum absolute atomic E-state index is 11.8. The van der Waals surface area contributed by atoms with Crippen molar-refractivity contribution in [2.24, 2.45) is 0 Å². The fraction of sp³-hybridized carbons (Fsp3) is 0.316. The molecule has 24 heavy (non-hydrogen) atoms. The van der Waals surface area contributed by atoms with Gasteiger partial charge in [-0.05, 0) is 64.1 Å². The highest BCUT2D eigenvalue weighted by molar-refractivity contribution is 5.85. The molecule has 0 fully saturated rings. The summed E-state index contributed by atoms with van der Waals surface area (Å²) >= 11 is 0. The fourth-order valence-corrected chi connectivity index (χ4v) is 2.07. The average molecular weight is 328 g/mol. The number of nitrogens with one attached hydrogen (secondary N) is 2. The molecule has 0 bridgehead atoms. The Hall–Kier alpha value is -2.69. The van der Waals surface area contributed by atoms with Crippen LogP contribution in [-0.4, -0.2) is 18.3 Å². The molecule has 0 aliphatic carbocycles. The number of carbonyl (C=O) groups excluding carboxylic acids is 1. The van der Waals surface area contributed by atoms with Crippen LogP contribution >= 0.6 is 0 Å². The molecule has 0 radical (unpaired) electrons. The summed E-state index contributed by atoms with van der Waals surface area (Å²) in [6.07, 6.45) is -0.468. The van der Waals surface area contributed by atoms with E-state index in [-0.39, 0.29) is 0 Å². The van der Waals surface area contributed by atoms with E-state index in [2.05, 4.69) is 10.6 Å². The van der Waals surface area contributed by atoms with E-state index >= 15 is 0 Å². The van der Waals surface area contributed by atoms with Crippen molar-refractivity contribution in [1.29, 1.82) is 0 Å². The zero-order valence-electron chi connectivity index (χ0n) is 14.6. The van der Waals surface area contributed by atoms with Gasteiger partial charge in [0.25, 0.3) is 0 Å². The summed E-state index contributed by atoms with van der Waals surface area (Å²) < 4.78 is 10.8. The van der Waals surface area contributed by atoms with Crippen molar-refractivity contribution < 1.29 is 14.3 Å². The summed E-state index contributed by atoms with van der Waals surface area (Å²) in [4.78, 5) is 11.8. The van der Waals surface area contributed by atoms with Crippen LogP contribution in [0.2, 0.25) is 0 Å². The molecule has 2 aromatic carbocycles. The third-order valence-corrected chi connectivity index (χ3v) is 3.00. The van der Waals surface area contributed by atoms with Crippen LogP contribution in [0, 0.1) is 0 Å². The first-order chi connectivity index (χ1) is 11.4. The van der Waals surface area contributed by atoms with E-state index in [1.807, 2.05) is 76.2 Å². The summed E-state index contributed by atoms with van der Waals surface area (Å²) in [7, 11) is 0. The molecular formula is C19H24N2O3. The van der Waals surface area contributed by atoms with Gasteiger partial charge in [0.05, 0.1) is 12.3 Å². The van der Waals surface area contributed by atoms with Crippen molar-refractivity contribution in [2.45, 2.75) is 33.3 Å². The third kappa shape index (κ3) is 5.50. The van der Waals surface area contributed by atoms with Crippen molar-refractivity contribution in [3.63, 3.8) is 0 Å². The van der Waals surface area contributed by atoms with Crippen LogP contribution in [-0.2, 0) is 4.74 Å². The third-order valence-electron chi connectivity index (χ3n) is 3.00. The van der Waals surface area contributed by atoms with E-state index in [9.17, 15) is 4.79 Å². The van der Waals surface area contributed by atoms with Crippen molar-refractivity contribution in [3.8, 4) is 5.75 Å². The Morgan fingerprint density at radius 2 is 1.62 bits per heavy atom. The van der Waals surface area contributed by atoms with Gasteiger partial charge in [0.1, 0.15) is 11.4 Å². The number of ether oxygens (including phenoxy) is 2. The number of rotatable bonds is 5. The molecule has 0 aliphatic heterocycles. The number of amides is 1. The maximum atomic E-state index is 11.8. The predicted molar refractivity (Wildman–Crippen MR) is 97.2 cm³/mol. The summed E-state index contributed by atoms with van der Waals surface area (Å²) in [5.41, 5.74) is 1.95. The number of anilines is 3. The van der Waals surface area contributed by atoms with Gasteiger partial charge in [0.2, 0.25) is 0 Å². The van der Waals surface area contributed by atoms with Gasteiger partial charge in [-0.15, -0.1) is 0 Å². The Bertz CT molecular complexity index is 676. The van der Waals surface area contributed by atoms with Crippen LogP contribution in [0.1, 0.15) is 27.7 Å². The Balaban J connectivity index is 2.01. The van der Waals surface area contributed by atoms with Crippen molar-refractivity contribution in [1.82, 2.24) is 0 Å². The molecule has 0 aliphatic rings. The molecular weight excluding hydrogens is 304 g/mol. The maximum Gasteiger partial charge on any atom is 0.412 e. The largest absolute Gasteiger partial charge is 0.492 e. The van der Waals surface area contributed by atoms with Crippen LogP contribution in [0.25, 0.3) is 0 Å². The molecule has 0 aromatic heterocycles. The van der Waals surface area contributed by atoms with Gasteiger partial charge >= 0.3 is 6.09 Å². The first-order valence-corrected chi connectivity index (χ1v) is 7.96. The van der Waals surface area contributed by atoms with E-state index < -0.39 is 11.7 Å². The monoisotopic (exact) mass is 328 g/mol. The number of para-hydroxylation sites is 2. The van der Waals surface area contributed by atoms with Gasteiger partial charge in [-0.3, -0.25) is 5.32 Å². The Morgan fingerprint density at radius 1 is 1.00 bits per heavy atom. The average Bonchev–Trinajstić information content (AvgIpc) is 2.49. The second-order valence-electron chi connectivity index (χ2n) is 6.26. The van der Waals surface area contributed by atoms with E-state index in [0.29, 0.717) is 12.3 Å². The predicted octanol–water partition coefficient (Wildman–Crippen LogP) is 5.18. The Labute approximate surface area is 143 Å². The van der Waals surface area contributed by atoms with Gasteiger partial charge in [-0.2, -0.15) is 0 Å². The molecule has 5 nitrogen and oxygen atoms in total. The Kier molecular flexibility index (Phi) is 5.68. The summed E-state index contributed by atoms with van der Waals surface area (Å²) in [6.45, 7) is 8.05. The second-order valence-corrected chi connectivity index (χ2v) is 6.26. The molecule has 0 heterocycles. The summed E-state index contributed by atoms with van der Waals surface area (Å²) in [5, 5.41) is 6.01. The number of hydrogen-bond donors (Lipinski definition) is 2. The number of carbonyl (C=O) groups is 1. The zero-order valence-corrected chi connectivity index (χ0v) is 14.6. The second kappa shape index (κ2) is 7.73. The first kappa shape index (κ1) is 17.7. The highest BCUT2D eigenvalue weighted by Gasteiger charge is 2.16. The molecule has 5 heteroatoms. The van der Waals surface area contributed by atoms with E-state index in [1.165, 1.54) is 0 Å². The van der Waals surface area contributed by atoms with Gasteiger partial charge in [0, 0.05) is 11.4 Å². The minimum Gasteiger partial charge on any atom is -0.492 e. The Morgan fingerprint density at radius 3 is 2.25 bits per heavy atom. The normalized spacial score (nSPS) is 10.8. The molecule has 2 aromatic rings.